The molecule has 1 aromatic carbocycles. The zero-order valence-corrected chi connectivity index (χ0v) is 13.1. The highest BCUT2D eigenvalue weighted by atomic mass is 16.5. The first-order chi connectivity index (χ1) is 11.1. The van der Waals surface area contributed by atoms with Gasteiger partial charge in [0.1, 0.15) is 5.56 Å². The van der Waals surface area contributed by atoms with E-state index in [1.807, 2.05) is 31.2 Å². The van der Waals surface area contributed by atoms with Gasteiger partial charge in [-0.05, 0) is 36.8 Å². The number of benzene rings is 1. The van der Waals surface area contributed by atoms with Crippen molar-refractivity contribution in [3.05, 3.63) is 53.7 Å². The lowest BCUT2D eigenvalue weighted by atomic mass is 10.2. The van der Waals surface area contributed by atoms with Gasteiger partial charge in [-0.25, -0.2) is 4.98 Å². The maximum atomic E-state index is 12.0. The second kappa shape index (κ2) is 7.93. The van der Waals surface area contributed by atoms with Crippen LogP contribution < -0.4 is 15.4 Å². The van der Waals surface area contributed by atoms with Crippen LogP contribution in [0.5, 0.6) is 5.88 Å². The van der Waals surface area contributed by atoms with Gasteiger partial charge in [0.25, 0.3) is 5.91 Å². The maximum Gasteiger partial charge on any atom is 0.256 e. The van der Waals surface area contributed by atoms with Crippen molar-refractivity contribution in [1.29, 1.82) is 0 Å². The second-order valence-electron chi connectivity index (χ2n) is 4.98. The summed E-state index contributed by atoms with van der Waals surface area (Å²) in [6, 6.07) is 10.8. The molecule has 0 unspecified atom stereocenters. The third-order valence-electron chi connectivity index (χ3n) is 3.15. The zero-order chi connectivity index (χ0) is 16.7. The summed E-state index contributed by atoms with van der Waals surface area (Å²) in [6.07, 6.45) is 1.73. The highest BCUT2D eigenvalue weighted by Crippen LogP contribution is 2.13. The number of anilines is 1. The summed E-state index contributed by atoms with van der Waals surface area (Å²) in [5, 5.41) is 5.47. The van der Waals surface area contributed by atoms with Gasteiger partial charge in [0.15, 0.2) is 0 Å². The molecule has 0 aliphatic rings. The van der Waals surface area contributed by atoms with Crippen molar-refractivity contribution in [2.24, 2.45) is 0 Å². The monoisotopic (exact) mass is 313 g/mol. The Morgan fingerprint density at radius 3 is 2.78 bits per heavy atom. The lowest BCUT2D eigenvalue weighted by Gasteiger charge is -2.09. The minimum atomic E-state index is -0.321. The SMILES string of the molecule is COc1ncccc1C(=O)NCCC(=O)Nc1cccc(C)c1. The number of rotatable bonds is 6. The van der Waals surface area contributed by atoms with Crippen molar-refractivity contribution < 1.29 is 14.3 Å². The van der Waals surface area contributed by atoms with Gasteiger partial charge in [0.2, 0.25) is 11.8 Å². The molecule has 0 saturated carbocycles. The number of hydrogen-bond acceptors (Lipinski definition) is 4. The number of ether oxygens (including phenoxy) is 1. The largest absolute Gasteiger partial charge is 0.480 e. The molecule has 0 atom stereocenters. The molecule has 1 aromatic heterocycles. The van der Waals surface area contributed by atoms with E-state index in [-0.39, 0.29) is 30.7 Å². The molecule has 1 heterocycles. The van der Waals surface area contributed by atoms with Crippen LogP contribution in [0.15, 0.2) is 42.6 Å². The molecule has 0 radical (unpaired) electrons. The lowest BCUT2D eigenvalue weighted by molar-refractivity contribution is -0.116. The van der Waals surface area contributed by atoms with E-state index in [1.54, 1.807) is 18.3 Å². The third kappa shape index (κ3) is 4.81. The number of amides is 2. The number of methoxy groups -OCH3 is 1. The van der Waals surface area contributed by atoms with Gasteiger partial charge in [-0.2, -0.15) is 0 Å². The van der Waals surface area contributed by atoms with Crippen molar-refractivity contribution in [2.75, 3.05) is 19.0 Å². The first kappa shape index (κ1) is 16.5. The second-order valence-corrected chi connectivity index (χ2v) is 4.98. The minimum Gasteiger partial charge on any atom is -0.480 e. The summed E-state index contributed by atoms with van der Waals surface area (Å²) < 4.78 is 5.03. The Hall–Kier alpha value is -2.89. The molecule has 0 spiro atoms. The average molecular weight is 313 g/mol. The van der Waals surface area contributed by atoms with Crippen molar-refractivity contribution in [3.63, 3.8) is 0 Å². The molecule has 2 amide bonds. The molecule has 0 saturated heterocycles. The molecule has 0 aliphatic heterocycles. The van der Waals surface area contributed by atoms with Gasteiger partial charge in [0, 0.05) is 24.8 Å². The lowest BCUT2D eigenvalue weighted by Crippen LogP contribution is -2.28. The zero-order valence-electron chi connectivity index (χ0n) is 13.1. The van der Waals surface area contributed by atoms with Crippen LogP contribution >= 0.6 is 0 Å². The van der Waals surface area contributed by atoms with Crippen molar-refractivity contribution >= 4 is 17.5 Å². The quantitative estimate of drug-likeness (QED) is 0.856. The topological polar surface area (TPSA) is 80.3 Å². The van der Waals surface area contributed by atoms with Crippen molar-refractivity contribution in [3.8, 4) is 5.88 Å². The fourth-order valence-electron chi connectivity index (χ4n) is 2.06. The summed E-state index contributed by atoms with van der Waals surface area (Å²) in [6.45, 7) is 2.19. The predicted octanol–water partition coefficient (Wildman–Crippen LogP) is 2.16. The summed E-state index contributed by atoms with van der Waals surface area (Å²) in [5.41, 5.74) is 2.16. The van der Waals surface area contributed by atoms with Crippen LogP contribution in [0.25, 0.3) is 0 Å². The van der Waals surface area contributed by atoms with Crippen LogP contribution in [0.3, 0.4) is 0 Å². The Kier molecular flexibility index (Phi) is 5.68. The third-order valence-corrected chi connectivity index (χ3v) is 3.15. The molecular formula is C17H19N3O3. The summed E-state index contributed by atoms with van der Waals surface area (Å²) >= 11 is 0. The van der Waals surface area contributed by atoms with E-state index in [2.05, 4.69) is 15.6 Å². The van der Waals surface area contributed by atoms with Crippen LogP contribution in [0.1, 0.15) is 22.3 Å². The maximum absolute atomic E-state index is 12.0. The first-order valence-corrected chi connectivity index (χ1v) is 7.24. The van der Waals surface area contributed by atoms with Crippen LogP contribution in [0.2, 0.25) is 0 Å². The van der Waals surface area contributed by atoms with E-state index < -0.39 is 0 Å². The van der Waals surface area contributed by atoms with Gasteiger partial charge < -0.3 is 15.4 Å². The molecule has 2 N–H and O–H groups in total. The molecule has 0 bridgehead atoms. The summed E-state index contributed by atoms with van der Waals surface area (Å²) in [4.78, 5) is 27.9. The molecule has 2 rings (SSSR count). The van der Waals surface area contributed by atoms with E-state index in [4.69, 9.17) is 4.74 Å². The van der Waals surface area contributed by atoms with Crippen LogP contribution in [0, 0.1) is 6.92 Å². The van der Waals surface area contributed by atoms with Crippen LogP contribution in [-0.4, -0.2) is 30.5 Å². The molecular weight excluding hydrogens is 294 g/mol. The molecule has 2 aromatic rings. The molecule has 0 aliphatic carbocycles. The van der Waals surface area contributed by atoms with E-state index >= 15 is 0 Å². The van der Waals surface area contributed by atoms with Gasteiger partial charge >= 0.3 is 0 Å². The van der Waals surface area contributed by atoms with E-state index in [1.165, 1.54) is 7.11 Å². The fraction of sp³-hybridized carbons (Fsp3) is 0.235. The number of nitrogens with one attached hydrogen (secondary N) is 2. The Balaban J connectivity index is 1.82. The van der Waals surface area contributed by atoms with Gasteiger partial charge in [-0.15, -0.1) is 0 Å². The van der Waals surface area contributed by atoms with Gasteiger partial charge in [-0.3, -0.25) is 9.59 Å². The number of carbonyl (C=O) groups excluding carboxylic acids is 2. The number of nitrogens with zero attached hydrogens (tertiary/aromatic N) is 1. The van der Waals surface area contributed by atoms with Gasteiger partial charge in [0.05, 0.1) is 7.11 Å². The smallest absolute Gasteiger partial charge is 0.256 e. The Bertz CT molecular complexity index is 701. The minimum absolute atomic E-state index is 0.158. The van der Waals surface area contributed by atoms with Crippen molar-refractivity contribution in [1.82, 2.24) is 10.3 Å². The number of aryl methyl sites for hydroxylation is 1. The highest BCUT2D eigenvalue weighted by Gasteiger charge is 2.12. The Morgan fingerprint density at radius 2 is 2.04 bits per heavy atom. The molecule has 120 valence electrons. The number of pyridine rings is 1. The fourth-order valence-corrected chi connectivity index (χ4v) is 2.06. The number of hydrogen-bond donors (Lipinski definition) is 2. The predicted molar refractivity (Wildman–Crippen MR) is 87.5 cm³/mol. The van der Waals surface area contributed by atoms with Crippen LogP contribution in [-0.2, 0) is 4.79 Å². The van der Waals surface area contributed by atoms with E-state index in [0.717, 1.165) is 11.3 Å². The van der Waals surface area contributed by atoms with Gasteiger partial charge in [-0.1, -0.05) is 12.1 Å². The average Bonchev–Trinajstić information content (AvgIpc) is 2.54. The van der Waals surface area contributed by atoms with E-state index in [0.29, 0.717) is 5.56 Å². The highest BCUT2D eigenvalue weighted by molar-refractivity contribution is 5.97. The van der Waals surface area contributed by atoms with Crippen molar-refractivity contribution in [2.45, 2.75) is 13.3 Å². The number of aromatic nitrogens is 1. The first-order valence-electron chi connectivity index (χ1n) is 7.24. The Labute approximate surface area is 134 Å². The van der Waals surface area contributed by atoms with E-state index in [9.17, 15) is 9.59 Å². The van der Waals surface area contributed by atoms with Crippen LogP contribution in [0.4, 0.5) is 5.69 Å². The summed E-state index contributed by atoms with van der Waals surface area (Å²) in [7, 11) is 1.45. The normalized spacial score (nSPS) is 10.0. The summed E-state index contributed by atoms with van der Waals surface area (Å²) in [5.74, 6) is -0.221. The molecule has 23 heavy (non-hydrogen) atoms. The Morgan fingerprint density at radius 1 is 1.22 bits per heavy atom. The number of carbonyl (C=O) groups is 2. The molecule has 6 nitrogen and oxygen atoms in total. The molecule has 6 heteroatoms. The molecule has 0 fully saturated rings. The standard InChI is InChI=1S/C17H19N3O3/c1-12-5-3-6-13(11-12)20-15(21)8-10-18-16(22)14-7-4-9-19-17(14)23-2/h3-7,9,11H,8,10H2,1-2H3,(H,18,22)(H,20,21).